The number of aromatic nitrogens is 2. The second kappa shape index (κ2) is 8.08. The highest BCUT2D eigenvalue weighted by Gasteiger charge is 2.26. The predicted molar refractivity (Wildman–Crippen MR) is 104 cm³/mol. The standard InChI is InChI=1S/C18H17FN4O6S/c1-28-15-4-3-11(16(8-15)29-2)5-12-6-14(23(24)25)7-17(30(20,26)27)18(12)22-10-13(19)9-21-22/h3-4,6-10H,5H2,1-2H3,(H2,20,26,27). The number of nitro benzene ring substituents is 1. The number of rotatable bonds is 7. The molecule has 3 rings (SSSR count). The van der Waals surface area contributed by atoms with Crippen molar-refractivity contribution in [3.05, 3.63) is 69.8 Å². The lowest BCUT2D eigenvalue weighted by molar-refractivity contribution is -0.385. The van der Waals surface area contributed by atoms with Crippen LogP contribution in [0.25, 0.3) is 5.69 Å². The second-order valence-corrected chi connectivity index (χ2v) is 7.74. The Hall–Kier alpha value is -3.51. The predicted octanol–water partition coefficient (Wildman–Crippen LogP) is 2.17. The first-order valence-corrected chi connectivity index (χ1v) is 9.94. The molecule has 0 aliphatic heterocycles. The van der Waals surface area contributed by atoms with Gasteiger partial charge in [0.25, 0.3) is 5.69 Å². The number of benzene rings is 2. The van der Waals surface area contributed by atoms with Gasteiger partial charge in [0.1, 0.15) is 16.4 Å². The summed E-state index contributed by atoms with van der Waals surface area (Å²) < 4.78 is 49.5. The molecule has 0 spiro atoms. The molecule has 1 heterocycles. The van der Waals surface area contributed by atoms with Crippen LogP contribution in [0.15, 0.2) is 47.6 Å². The molecule has 10 nitrogen and oxygen atoms in total. The van der Waals surface area contributed by atoms with Crippen LogP contribution in [0, 0.1) is 15.9 Å². The Morgan fingerprint density at radius 3 is 2.47 bits per heavy atom. The fraction of sp³-hybridized carbons (Fsp3) is 0.167. The smallest absolute Gasteiger partial charge is 0.271 e. The number of nitrogens with zero attached hydrogens (tertiary/aromatic N) is 3. The number of methoxy groups -OCH3 is 2. The van der Waals surface area contributed by atoms with Crippen molar-refractivity contribution >= 4 is 15.7 Å². The maximum atomic E-state index is 13.6. The van der Waals surface area contributed by atoms with Gasteiger partial charge < -0.3 is 9.47 Å². The molecule has 2 N–H and O–H groups in total. The van der Waals surface area contributed by atoms with Gasteiger partial charge in [-0.3, -0.25) is 10.1 Å². The molecule has 0 unspecified atom stereocenters. The molecule has 158 valence electrons. The fourth-order valence-electron chi connectivity index (χ4n) is 2.99. The molecule has 1 aromatic heterocycles. The van der Waals surface area contributed by atoms with Crippen molar-refractivity contribution < 1.29 is 27.2 Å². The third-order valence-electron chi connectivity index (χ3n) is 4.31. The molecule has 0 radical (unpaired) electrons. The van der Waals surface area contributed by atoms with E-state index >= 15 is 0 Å². The molecule has 0 aliphatic rings. The van der Waals surface area contributed by atoms with E-state index in [9.17, 15) is 22.9 Å². The molecular formula is C18H17FN4O6S. The monoisotopic (exact) mass is 436 g/mol. The van der Waals surface area contributed by atoms with Crippen molar-refractivity contribution in [2.45, 2.75) is 11.3 Å². The van der Waals surface area contributed by atoms with Gasteiger partial charge in [0.05, 0.1) is 37.2 Å². The molecule has 0 aliphatic carbocycles. The van der Waals surface area contributed by atoms with Gasteiger partial charge in [-0.15, -0.1) is 0 Å². The van der Waals surface area contributed by atoms with Crippen molar-refractivity contribution in [3.63, 3.8) is 0 Å². The van der Waals surface area contributed by atoms with Gasteiger partial charge >= 0.3 is 0 Å². The lowest BCUT2D eigenvalue weighted by Crippen LogP contribution is -2.18. The number of hydrogen-bond acceptors (Lipinski definition) is 7. The minimum atomic E-state index is -4.41. The third-order valence-corrected chi connectivity index (χ3v) is 5.24. The molecule has 0 saturated heterocycles. The molecule has 30 heavy (non-hydrogen) atoms. The average molecular weight is 436 g/mol. The normalized spacial score (nSPS) is 11.3. The molecular weight excluding hydrogens is 419 g/mol. The first kappa shape index (κ1) is 21.2. The molecule has 0 bridgehead atoms. The van der Waals surface area contributed by atoms with E-state index in [2.05, 4.69) is 5.10 Å². The topological polar surface area (TPSA) is 140 Å². The number of ether oxygens (including phenoxy) is 2. The summed E-state index contributed by atoms with van der Waals surface area (Å²) >= 11 is 0. The van der Waals surface area contributed by atoms with E-state index in [0.717, 1.165) is 23.1 Å². The lowest BCUT2D eigenvalue weighted by Gasteiger charge is -2.16. The van der Waals surface area contributed by atoms with E-state index in [0.29, 0.717) is 17.1 Å². The highest BCUT2D eigenvalue weighted by atomic mass is 32.2. The number of hydrogen-bond donors (Lipinski definition) is 1. The number of nitrogens with two attached hydrogens (primary N) is 1. The summed E-state index contributed by atoms with van der Waals surface area (Å²) in [6.45, 7) is 0. The summed E-state index contributed by atoms with van der Waals surface area (Å²) in [5.74, 6) is 0.214. The van der Waals surface area contributed by atoms with Crippen LogP contribution in [0.1, 0.15) is 11.1 Å². The molecule has 0 fully saturated rings. The Labute approximate surface area is 170 Å². The van der Waals surface area contributed by atoms with E-state index in [1.807, 2.05) is 0 Å². The highest BCUT2D eigenvalue weighted by Crippen LogP contribution is 2.33. The zero-order valence-electron chi connectivity index (χ0n) is 15.9. The van der Waals surface area contributed by atoms with E-state index in [4.69, 9.17) is 14.6 Å². The number of primary sulfonamides is 1. The fourth-order valence-corrected chi connectivity index (χ4v) is 3.77. The zero-order valence-corrected chi connectivity index (χ0v) is 16.7. The minimum absolute atomic E-state index is 0.00812. The van der Waals surface area contributed by atoms with Crippen molar-refractivity contribution in [1.29, 1.82) is 0 Å². The number of sulfonamides is 1. The van der Waals surface area contributed by atoms with Crippen LogP contribution in [0.2, 0.25) is 0 Å². The largest absolute Gasteiger partial charge is 0.497 e. The Balaban J connectivity index is 2.29. The maximum absolute atomic E-state index is 13.6. The van der Waals surface area contributed by atoms with Crippen LogP contribution < -0.4 is 14.6 Å². The molecule has 12 heteroatoms. The summed E-state index contributed by atoms with van der Waals surface area (Å²) in [6.07, 6.45) is 1.84. The van der Waals surface area contributed by atoms with Crippen LogP contribution in [-0.4, -0.2) is 37.3 Å². The van der Waals surface area contributed by atoms with Crippen molar-refractivity contribution in [2.75, 3.05) is 14.2 Å². The van der Waals surface area contributed by atoms with E-state index in [1.54, 1.807) is 18.2 Å². The third kappa shape index (κ3) is 4.23. The van der Waals surface area contributed by atoms with Crippen LogP contribution in [-0.2, 0) is 16.4 Å². The lowest BCUT2D eigenvalue weighted by atomic mass is 10.0. The summed E-state index contributed by atoms with van der Waals surface area (Å²) in [5.41, 5.74) is 0.176. The van der Waals surface area contributed by atoms with Gasteiger partial charge in [0.2, 0.25) is 10.0 Å². The SMILES string of the molecule is COc1ccc(Cc2cc([N+](=O)[O-])cc(S(N)(=O)=O)c2-n2cc(F)cn2)c(OC)c1. The molecule has 0 saturated carbocycles. The van der Waals surface area contributed by atoms with E-state index in [-0.39, 0.29) is 17.7 Å². The summed E-state index contributed by atoms with van der Waals surface area (Å²) in [4.78, 5) is 10.1. The van der Waals surface area contributed by atoms with Gasteiger partial charge in [-0.2, -0.15) is 5.10 Å². The Bertz CT molecular complexity index is 1230. The van der Waals surface area contributed by atoms with Crippen LogP contribution in [0.3, 0.4) is 0 Å². The van der Waals surface area contributed by atoms with Crippen molar-refractivity contribution in [1.82, 2.24) is 9.78 Å². The first-order chi connectivity index (χ1) is 14.1. The van der Waals surface area contributed by atoms with Crippen molar-refractivity contribution in [3.8, 4) is 17.2 Å². The number of halogens is 1. The summed E-state index contributed by atoms with van der Waals surface area (Å²) in [5, 5.41) is 20.5. The van der Waals surface area contributed by atoms with Crippen molar-refractivity contribution in [2.24, 2.45) is 5.14 Å². The maximum Gasteiger partial charge on any atom is 0.271 e. The first-order valence-electron chi connectivity index (χ1n) is 8.39. The average Bonchev–Trinajstić information content (AvgIpc) is 3.12. The molecule has 0 atom stereocenters. The van der Waals surface area contributed by atoms with E-state index < -0.39 is 31.3 Å². The summed E-state index contributed by atoms with van der Waals surface area (Å²) in [7, 11) is -1.49. The molecule has 0 amide bonds. The second-order valence-electron chi connectivity index (χ2n) is 6.21. The Kier molecular flexibility index (Phi) is 5.71. The van der Waals surface area contributed by atoms with Gasteiger partial charge in [-0.1, -0.05) is 6.07 Å². The van der Waals surface area contributed by atoms with Crippen LogP contribution >= 0.6 is 0 Å². The highest BCUT2D eigenvalue weighted by molar-refractivity contribution is 7.89. The van der Waals surface area contributed by atoms with Gasteiger partial charge in [-0.25, -0.2) is 22.6 Å². The quantitative estimate of drug-likeness (QED) is 0.442. The Morgan fingerprint density at radius 2 is 1.93 bits per heavy atom. The van der Waals surface area contributed by atoms with Crippen LogP contribution in [0.5, 0.6) is 11.5 Å². The van der Waals surface area contributed by atoms with Gasteiger partial charge in [0.15, 0.2) is 5.82 Å². The number of non-ortho nitro benzene ring substituents is 1. The van der Waals surface area contributed by atoms with Gasteiger partial charge in [0, 0.05) is 24.6 Å². The van der Waals surface area contributed by atoms with E-state index in [1.165, 1.54) is 20.3 Å². The summed E-state index contributed by atoms with van der Waals surface area (Å²) in [6, 6.07) is 6.94. The zero-order chi connectivity index (χ0) is 22.1. The van der Waals surface area contributed by atoms with Gasteiger partial charge in [-0.05, 0) is 17.2 Å². The Morgan fingerprint density at radius 1 is 1.20 bits per heavy atom. The molecule has 3 aromatic rings. The number of nitro groups is 1. The molecule has 2 aromatic carbocycles. The van der Waals surface area contributed by atoms with Crippen LogP contribution in [0.4, 0.5) is 10.1 Å². The minimum Gasteiger partial charge on any atom is -0.497 e.